The molecule has 1 fully saturated rings. The highest BCUT2D eigenvalue weighted by Crippen LogP contribution is 2.42. The zero-order valence-electron chi connectivity index (χ0n) is 7.50. The summed E-state index contributed by atoms with van der Waals surface area (Å²) in [6, 6.07) is 6.83. The lowest BCUT2D eigenvalue weighted by Crippen LogP contribution is -1.98. The summed E-state index contributed by atoms with van der Waals surface area (Å²) in [7, 11) is 0. The van der Waals surface area contributed by atoms with Gasteiger partial charge in [0.2, 0.25) is 0 Å². The Bertz CT molecular complexity index is 393. The molecule has 0 saturated heterocycles. The molecule has 3 heteroatoms. The van der Waals surface area contributed by atoms with E-state index >= 15 is 0 Å². The topological polar surface area (TPSA) is 23.8 Å². The molecule has 1 nitrogen and oxygen atoms in total. The lowest BCUT2D eigenvalue weighted by atomic mass is 9.96. The summed E-state index contributed by atoms with van der Waals surface area (Å²) in [5.41, 5.74) is 0.747. The Morgan fingerprint density at radius 3 is 2.71 bits per heavy atom. The van der Waals surface area contributed by atoms with Crippen molar-refractivity contribution >= 4 is 11.6 Å². The summed E-state index contributed by atoms with van der Waals surface area (Å²) in [6.07, 6.45) is 2.14. The van der Waals surface area contributed by atoms with Gasteiger partial charge in [0.15, 0.2) is 0 Å². The fourth-order valence-electron chi connectivity index (χ4n) is 1.59. The highest BCUT2D eigenvalue weighted by Gasteiger charge is 2.32. The third kappa shape index (κ3) is 1.73. The number of benzene rings is 1. The number of nitrogens with zero attached hydrogens (tertiary/aromatic N) is 1. The van der Waals surface area contributed by atoms with E-state index < -0.39 is 5.82 Å². The van der Waals surface area contributed by atoms with Crippen molar-refractivity contribution in [2.24, 2.45) is 5.92 Å². The SMILES string of the molecule is N#CC(c1ccc(Cl)c(F)c1)C1CC1. The van der Waals surface area contributed by atoms with Crippen LogP contribution >= 0.6 is 11.6 Å². The van der Waals surface area contributed by atoms with Crippen LogP contribution in [0.4, 0.5) is 4.39 Å². The van der Waals surface area contributed by atoms with Crippen molar-refractivity contribution in [1.29, 1.82) is 5.26 Å². The normalized spacial score (nSPS) is 17.5. The molecule has 1 saturated carbocycles. The molecule has 0 amide bonds. The Kier molecular flexibility index (Phi) is 2.43. The van der Waals surface area contributed by atoms with Gasteiger partial charge in [-0.3, -0.25) is 0 Å². The smallest absolute Gasteiger partial charge is 0.142 e. The average Bonchev–Trinajstić information content (AvgIpc) is 2.96. The maximum Gasteiger partial charge on any atom is 0.142 e. The highest BCUT2D eigenvalue weighted by molar-refractivity contribution is 6.30. The van der Waals surface area contributed by atoms with E-state index in [1.54, 1.807) is 6.07 Å². The summed E-state index contributed by atoms with van der Waals surface area (Å²) in [5, 5.41) is 9.06. The molecule has 1 atom stereocenters. The Morgan fingerprint density at radius 1 is 1.50 bits per heavy atom. The summed E-state index contributed by atoms with van der Waals surface area (Å²) in [6.45, 7) is 0. The Balaban J connectivity index is 2.31. The van der Waals surface area contributed by atoms with Gasteiger partial charge in [0.25, 0.3) is 0 Å². The van der Waals surface area contributed by atoms with Gasteiger partial charge >= 0.3 is 0 Å². The minimum absolute atomic E-state index is 0.112. The van der Waals surface area contributed by atoms with Crippen molar-refractivity contribution in [2.45, 2.75) is 18.8 Å². The van der Waals surface area contributed by atoms with Gasteiger partial charge in [0, 0.05) is 0 Å². The molecule has 0 N–H and O–H groups in total. The number of halogens is 2. The average molecular weight is 210 g/mol. The van der Waals surface area contributed by atoms with Gasteiger partial charge in [0.1, 0.15) is 5.82 Å². The number of hydrogen-bond donors (Lipinski definition) is 0. The van der Waals surface area contributed by atoms with Crippen molar-refractivity contribution < 1.29 is 4.39 Å². The molecule has 0 bridgehead atoms. The van der Waals surface area contributed by atoms with E-state index in [9.17, 15) is 4.39 Å². The molecule has 72 valence electrons. The first-order chi connectivity index (χ1) is 6.72. The molecule has 2 rings (SSSR count). The fourth-order valence-corrected chi connectivity index (χ4v) is 1.71. The van der Waals surface area contributed by atoms with E-state index in [1.807, 2.05) is 0 Å². The quantitative estimate of drug-likeness (QED) is 0.732. The van der Waals surface area contributed by atoms with Crippen LogP contribution in [0, 0.1) is 23.1 Å². The molecule has 0 aromatic heterocycles. The molecule has 0 spiro atoms. The summed E-state index contributed by atoms with van der Waals surface area (Å²) in [5.74, 6) is -0.188. The lowest BCUT2D eigenvalue weighted by molar-refractivity contribution is 0.621. The zero-order valence-corrected chi connectivity index (χ0v) is 8.26. The maximum absolute atomic E-state index is 13.1. The van der Waals surface area contributed by atoms with Crippen LogP contribution in [0.5, 0.6) is 0 Å². The van der Waals surface area contributed by atoms with E-state index in [0.29, 0.717) is 5.92 Å². The molecule has 0 heterocycles. The monoisotopic (exact) mass is 209 g/mol. The second kappa shape index (κ2) is 3.59. The molecular weight excluding hydrogens is 201 g/mol. The first kappa shape index (κ1) is 9.48. The van der Waals surface area contributed by atoms with E-state index in [4.69, 9.17) is 16.9 Å². The van der Waals surface area contributed by atoms with Crippen LogP contribution in [0.3, 0.4) is 0 Å². The number of nitriles is 1. The van der Waals surface area contributed by atoms with Crippen molar-refractivity contribution in [3.63, 3.8) is 0 Å². The van der Waals surface area contributed by atoms with Crippen LogP contribution < -0.4 is 0 Å². The molecular formula is C11H9ClFN. The molecule has 1 aromatic carbocycles. The highest BCUT2D eigenvalue weighted by atomic mass is 35.5. The third-order valence-corrected chi connectivity index (χ3v) is 2.84. The van der Waals surface area contributed by atoms with E-state index in [0.717, 1.165) is 18.4 Å². The second-order valence-electron chi connectivity index (χ2n) is 3.62. The maximum atomic E-state index is 13.1. The Labute approximate surface area is 87.1 Å². The summed E-state index contributed by atoms with van der Waals surface area (Å²) >= 11 is 5.57. The van der Waals surface area contributed by atoms with Gasteiger partial charge in [-0.2, -0.15) is 5.26 Å². The fraction of sp³-hybridized carbons (Fsp3) is 0.364. The van der Waals surface area contributed by atoms with Gasteiger partial charge in [-0.1, -0.05) is 17.7 Å². The first-order valence-corrected chi connectivity index (χ1v) is 4.94. The Morgan fingerprint density at radius 2 is 2.21 bits per heavy atom. The van der Waals surface area contributed by atoms with Crippen LogP contribution in [0.25, 0.3) is 0 Å². The molecule has 0 radical (unpaired) electrons. The standard InChI is InChI=1S/C11H9ClFN/c12-10-4-3-8(5-11(10)13)9(6-14)7-1-2-7/h3-5,7,9H,1-2H2. The minimum Gasteiger partial charge on any atom is -0.205 e. The van der Waals surface area contributed by atoms with Crippen molar-refractivity contribution in [2.75, 3.05) is 0 Å². The second-order valence-corrected chi connectivity index (χ2v) is 4.02. The number of hydrogen-bond acceptors (Lipinski definition) is 1. The molecule has 1 aliphatic carbocycles. The largest absolute Gasteiger partial charge is 0.205 e. The third-order valence-electron chi connectivity index (χ3n) is 2.54. The van der Waals surface area contributed by atoms with Gasteiger partial charge in [-0.15, -0.1) is 0 Å². The van der Waals surface area contributed by atoms with Gasteiger partial charge in [-0.25, -0.2) is 4.39 Å². The predicted octanol–water partition coefficient (Wildman–Crippen LogP) is 3.50. The Hall–Kier alpha value is -1.07. The van der Waals surface area contributed by atoms with Crippen molar-refractivity contribution in [1.82, 2.24) is 0 Å². The van der Waals surface area contributed by atoms with Crippen LogP contribution in [-0.4, -0.2) is 0 Å². The molecule has 1 aromatic rings. The predicted molar refractivity (Wildman–Crippen MR) is 52.5 cm³/mol. The van der Waals surface area contributed by atoms with Gasteiger partial charge in [-0.05, 0) is 36.5 Å². The minimum atomic E-state index is -0.440. The van der Waals surface area contributed by atoms with Gasteiger partial charge < -0.3 is 0 Å². The van der Waals surface area contributed by atoms with Crippen LogP contribution in [0.2, 0.25) is 5.02 Å². The van der Waals surface area contributed by atoms with Crippen molar-refractivity contribution in [3.8, 4) is 6.07 Å². The molecule has 1 unspecified atom stereocenters. The number of rotatable bonds is 2. The van der Waals surface area contributed by atoms with E-state index in [-0.39, 0.29) is 10.9 Å². The van der Waals surface area contributed by atoms with Gasteiger partial charge in [0.05, 0.1) is 17.0 Å². The summed E-state index contributed by atoms with van der Waals surface area (Å²) < 4.78 is 13.1. The lowest BCUT2D eigenvalue weighted by Gasteiger charge is -2.07. The summed E-state index contributed by atoms with van der Waals surface area (Å²) in [4.78, 5) is 0. The zero-order chi connectivity index (χ0) is 10.1. The van der Waals surface area contributed by atoms with Crippen LogP contribution in [0.1, 0.15) is 24.3 Å². The molecule has 0 aliphatic heterocycles. The van der Waals surface area contributed by atoms with Crippen molar-refractivity contribution in [3.05, 3.63) is 34.6 Å². The molecule has 14 heavy (non-hydrogen) atoms. The first-order valence-electron chi connectivity index (χ1n) is 4.57. The van der Waals surface area contributed by atoms with Crippen LogP contribution in [-0.2, 0) is 0 Å². The van der Waals surface area contributed by atoms with E-state index in [1.165, 1.54) is 12.1 Å². The van der Waals surface area contributed by atoms with Crippen LogP contribution in [0.15, 0.2) is 18.2 Å². The molecule has 1 aliphatic rings. The van der Waals surface area contributed by atoms with E-state index in [2.05, 4.69) is 6.07 Å².